The molecule has 2 aliphatic rings. The standard InChI is InChI=1S/C13H26N2O/c1-10(14)12-4-3-6-15(8-12)11(2)13-5-7-16-9-13/h10-13H,3-9,14H2,1-2H3. The third-order valence-corrected chi connectivity index (χ3v) is 4.46. The summed E-state index contributed by atoms with van der Waals surface area (Å²) in [7, 11) is 0. The minimum absolute atomic E-state index is 0.342. The predicted octanol–water partition coefficient (Wildman–Crippen LogP) is 1.47. The van der Waals surface area contributed by atoms with Crippen molar-refractivity contribution in [3.8, 4) is 0 Å². The van der Waals surface area contributed by atoms with Gasteiger partial charge in [-0.05, 0) is 51.5 Å². The van der Waals surface area contributed by atoms with Crippen LogP contribution in [0.25, 0.3) is 0 Å². The van der Waals surface area contributed by atoms with E-state index in [-0.39, 0.29) is 0 Å². The van der Waals surface area contributed by atoms with Crippen LogP contribution < -0.4 is 5.73 Å². The summed E-state index contributed by atoms with van der Waals surface area (Å²) in [5.41, 5.74) is 6.03. The molecule has 16 heavy (non-hydrogen) atoms. The molecular formula is C13H26N2O. The average molecular weight is 226 g/mol. The van der Waals surface area contributed by atoms with Crippen molar-refractivity contribution in [1.82, 2.24) is 4.90 Å². The van der Waals surface area contributed by atoms with Crippen molar-refractivity contribution in [2.24, 2.45) is 17.6 Å². The maximum absolute atomic E-state index is 6.03. The Morgan fingerprint density at radius 2 is 2.06 bits per heavy atom. The van der Waals surface area contributed by atoms with Gasteiger partial charge in [0, 0.05) is 25.2 Å². The van der Waals surface area contributed by atoms with E-state index in [0.717, 1.165) is 19.1 Å². The lowest BCUT2D eigenvalue weighted by Gasteiger charge is -2.40. The molecule has 3 nitrogen and oxygen atoms in total. The van der Waals surface area contributed by atoms with Crippen molar-refractivity contribution in [2.75, 3.05) is 26.3 Å². The molecule has 2 heterocycles. The van der Waals surface area contributed by atoms with E-state index < -0.39 is 0 Å². The van der Waals surface area contributed by atoms with Gasteiger partial charge in [-0.25, -0.2) is 0 Å². The highest BCUT2D eigenvalue weighted by Crippen LogP contribution is 2.26. The molecule has 2 aliphatic heterocycles. The third-order valence-electron chi connectivity index (χ3n) is 4.46. The van der Waals surface area contributed by atoms with Crippen molar-refractivity contribution in [1.29, 1.82) is 0 Å². The third kappa shape index (κ3) is 2.76. The Bertz CT molecular complexity index is 214. The van der Waals surface area contributed by atoms with Crippen LogP contribution >= 0.6 is 0 Å². The van der Waals surface area contributed by atoms with Crippen LogP contribution in [-0.2, 0) is 4.74 Å². The van der Waals surface area contributed by atoms with E-state index in [0.29, 0.717) is 18.0 Å². The molecule has 4 atom stereocenters. The fourth-order valence-corrected chi connectivity index (χ4v) is 3.07. The summed E-state index contributed by atoms with van der Waals surface area (Å²) in [4.78, 5) is 2.64. The summed E-state index contributed by atoms with van der Waals surface area (Å²) < 4.78 is 5.49. The lowest BCUT2D eigenvalue weighted by molar-refractivity contribution is 0.0812. The van der Waals surface area contributed by atoms with E-state index in [1.807, 2.05) is 0 Å². The summed E-state index contributed by atoms with van der Waals surface area (Å²) in [6.07, 6.45) is 3.85. The Kier molecular flexibility index (Phi) is 4.22. The largest absolute Gasteiger partial charge is 0.381 e. The number of hydrogen-bond donors (Lipinski definition) is 1. The maximum Gasteiger partial charge on any atom is 0.0509 e. The van der Waals surface area contributed by atoms with E-state index in [9.17, 15) is 0 Å². The molecule has 2 rings (SSSR count). The van der Waals surface area contributed by atoms with E-state index in [1.54, 1.807) is 0 Å². The molecule has 0 aromatic heterocycles. The van der Waals surface area contributed by atoms with Crippen molar-refractivity contribution in [3.63, 3.8) is 0 Å². The molecule has 2 fully saturated rings. The van der Waals surface area contributed by atoms with Gasteiger partial charge in [0.05, 0.1) is 6.61 Å². The van der Waals surface area contributed by atoms with Crippen LogP contribution in [0.2, 0.25) is 0 Å². The van der Waals surface area contributed by atoms with Crippen LogP contribution in [0.1, 0.15) is 33.1 Å². The number of ether oxygens (including phenoxy) is 1. The van der Waals surface area contributed by atoms with E-state index in [4.69, 9.17) is 10.5 Å². The zero-order valence-electron chi connectivity index (χ0n) is 10.7. The maximum atomic E-state index is 6.03. The van der Waals surface area contributed by atoms with E-state index >= 15 is 0 Å². The summed E-state index contributed by atoms with van der Waals surface area (Å²) in [5.74, 6) is 1.44. The summed E-state index contributed by atoms with van der Waals surface area (Å²) in [5, 5.41) is 0. The zero-order valence-corrected chi connectivity index (χ0v) is 10.7. The lowest BCUT2D eigenvalue weighted by Crippen LogP contribution is -2.48. The SMILES string of the molecule is CC(N)C1CCCN(C(C)C2CCOC2)C1. The fraction of sp³-hybridized carbons (Fsp3) is 1.00. The van der Waals surface area contributed by atoms with Gasteiger partial charge >= 0.3 is 0 Å². The Balaban J connectivity index is 1.87. The van der Waals surface area contributed by atoms with Gasteiger partial charge in [-0.2, -0.15) is 0 Å². The first-order chi connectivity index (χ1) is 7.68. The quantitative estimate of drug-likeness (QED) is 0.792. The summed E-state index contributed by atoms with van der Waals surface area (Å²) in [6.45, 7) is 8.87. The van der Waals surface area contributed by atoms with Crippen molar-refractivity contribution >= 4 is 0 Å². The van der Waals surface area contributed by atoms with Gasteiger partial charge in [0.1, 0.15) is 0 Å². The normalized spacial score (nSPS) is 36.2. The molecule has 0 spiro atoms. The van der Waals surface area contributed by atoms with Gasteiger partial charge in [0.25, 0.3) is 0 Å². The Morgan fingerprint density at radius 3 is 2.69 bits per heavy atom. The number of nitrogens with zero attached hydrogens (tertiary/aromatic N) is 1. The van der Waals surface area contributed by atoms with Crippen LogP contribution in [0.15, 0.2) is 0 Å². The first-order valence-corrected chi connectivity index (χ1v) is 6.76. The molecule has 0 amide bonds. The predicted molar refractivity (Wildman–Crippen MR) is 66.3 cm³/mol. The number of likely N-dealkylation sites (tertiary alicyclic amines) is 1. The van der Waals surface area contributed by atoms with Crippen molar-refractivity contribution < 1.29 is 4.74 Å². The average Bonchev–Trinajstić information content (AvgIpc) is 2.81. The van der Waals surface area contributed by atoms with Gasteiger partial charge in [0.15, 0.2) is 0 Å². The number of hydrogen-bond acceptors (Lipinski definition) is 3. The van der Waals surface area contributed by atoms with Crippen LogP contribution in [0.5, 0.6) is 0 Å². The molecule has 0 aliphatic carbocycles. The highest BCUT2D eigenvalue weighted by atomic mass is 16.5. The highest BCUT2D eigenvalue weighted by molar-refractivity contribution is 4.85. The summed E-state index contributed by atoms with van der Waals surface area (Å²) in [6, 6.07) is 1.01. The Morgan fingerprint density at radius 1 is 1.25 bits per heavy atom. The topological polar surface area (TPSA) is 38.5 Å². The van der Waals surface area contributed by atoms with Gasteiger partial charge in [-0.1, -0.05) is 0 Å². The molecule has 0 bridgehead atoms. The molecule has 0 aromatic carbocycles. The molecule has 94 valence electrons. The fourth-order valence-electron chi connectivity index (χ4n) is 3.07. The first kappa shape index (κ1) is 12.3. The van der Waals surface area contributed by atoms with Gasteiger partial charge in [-0.15, -0.1) is 0 Å². The van der Waals surface area contributed by atoms with Crippen LogP contribution in [-0.4, -0.2) is 43.3 Å². The van der Waals surface area contributed by atoms with Crippen LogP contribution in [0.3, 0.4) is 0 Å². The molecule has 3 heteroatoms. The number of rotatable bonds is 3. The van der Waals surface area contributed by atoms with Gasteiger partial charge in [-0.3, -0.25) is 4.90 Å². The van der Waals surface area contributed by atoms with Crippen molar-refractivity contribution in [3.05, 3.63) is 0 Å². The Hall–Kier alpha value is -0.120. The molecule has 2 N–H and O–H groups in total. The zero-order chi connectivity index (χ0) is 11.5. The molecule has 0 saturated carbocycles. The highest BCUT2D eigenvalue weighted by Gasteiger charge is 2.31. The molecule has 0 radical (unpaired) electrons. The smallest absolute Gasteiger partial charge is 0.0509 e. The number of piperidine rings is 1. The molecule has 4 unspecified atom stereocenters. The minimum Gasteiger partial charge on any atom is -0.381 e. The summed E-state index contributed by atoms with van der Waals surface area (Å²) >= 11 is 0. The van der Waals surface area contributed by atoms with Crippen LogP contribution in [0, 0.1) is 11.8 Å². The van der Waals surface area contributed by atoms with Gasteiger partial charge in [0.2, 0.25) is 0 Å². The lowest BCUT2D eigenvalue weighted by atomic mass is 9.89. The monoisotopic (exact) mass is 226 g/mol. The second kappa shape index (κ2) is 5.48. The number of nitrogens with two attached hydrogens (primary N) is 1. The second-order valence-corrected chi connectivity index (χ2v) is 5.62. The molecular weight excluding hydrogens is 200 g/mol. The van der Waals surface area contributed by atoms with Crippen LogP contribution in [0.4, 0.5) is 0 Å². The molecule has 0 aromatic rings. The van der Waals surface area contributed by atoms with E-state index in [1.165, 1.54) is 32.4 Å². The second-order valence-electron chi connectivity index (χ2n) is 5.62. The first-order valence-electron chi connectivity index (χ1n) is 6.76. The Labute approximate surface area is 99.3 Å². The molecule has 2 saturated heterocycles. The minimum atomic E-state index is 0.342. The van der Waals surface area contributed by atoms with E-state index in [2.05, 4.69) is 18.7 Å². The van der Waals surface area contributed by atoms with Crippen molar-refractivity contribution in [2.45, 2.75) is 45.2 Å². The van der Waals surface area contributed by atoms with Gasteiger partial charge < -0.3 is 10.5 Å².